The molecule has 0 saturated heterocycles. The van der Waals surface area contributed by atoms with Gasteiger partial charge in [0.05, 0.1) is 11.3 Å². The fourth-order valence-electron chi connectivity index (χ4n) is 1.36. The summed E-state index contributed by atoms with van der Waals surface area (Å²) < 4.78 is 5.54. The second-order valence-corrected chi connectivity index (χ2v) is 7.04. The lowest BCUT2D eigenvalue weighted by Gasteiger charge is -2.16. The lowest BCUT2D eigenvalue weighted by atomic mass is 10.2. The van der Waals surface area contributed by atoms with E-state index in [1.807, 2.05) is 24.3 Å². The molecule has 0 aliphatic rings. The SMILES string of the molecule is CC(C)(SCc1nnc(-c2ccccc2Br)o1)C(=O)O. The number of thioether (sulfide) groups is 1. The lowest BCUT2D eigenvalue weighted by molar-refractivity contribution is -0.138. The first kappa shape index (κ1) is 15.1. The summed E-state index contributed by atoms with van der Waals surface area (Å²) in [5, 5.41) is 17.0. The van der Waals surface area contributed by atoms with Crippen LogP contribution in [-0.2, 0) is 10.5 Å². The highest BCUT2D eigenvalue weighted by atomic mass is 79.9. The van der Waals surface area contributed by atoms with Crippen molar-refractivity contribution in [1.29, 1.82) is 0 Å². The largest absolute Gasteiger partial charge is 0.480 e. The molecule has 0 fully saturated rings. The zero-order valence-corrected chi connectivity index (χ0v) is 13.4. The van der Waals surface area contributed by atoms with Gasteiger partial charge in [-0.3, -0.25) is 4.79 Å². The van der Waals surface area contributed by atoms with Crippen LogP contribution in [0, 0.1) is 0 Å². The van der Waals surface area contributed by atoms with Gasteiger partial charge in [-0.2, -0.15) is 0 Å². The highest BCUT2D eigenvalue weighted by Crippen LogP contribution is 2.30. The third-order valence-corrected chi connectivity index (χ3v) is 4.62. The molecule has 2 rings (SSSR count). The Morgan fingerprint density at radius 1 is 1.40 bits per heavy atom. The van der Waals surface area contributed by atoms with Crippen molar-refractivity contribution in [1.82, 2.24) is 10.2 Å². The van der Waals surface area contributed by atoms with E-state index < -0.39 is 10.7 Å². The van der Waals surface area contributed by atoms with E-state index in [1.165, 1.54) is 11.8 Å². The summed E-state index contributed by atoms with van der Waals surface area (Å²) in [5.41, 5.74) is 0.814. The zero-order valence-electron chi connectivity index (χ0n) is 11.0. The Kier molecular flexibility index (Phi) is 4.49. The molecule has 0 aliphatic carbocycles. The number of nitrogens with zero attached hydrogens (tertiary/aromatic N) is 2. The minimum atomic E-state index is -0.887. The summed E-state index contributed by atoms with van der Waals surface area (Å²) in [6.07, 6.45) is 0. The number of aliphatic carboxylic acids is 1. The molecule has 1 heterocycles. The van der Waals surface area contributed by atoms with Crippen molar-refractivity contribution in [2.45, 2.75) is 24.3 Å². The molecule has 20 heavy (non-hydrogen) atoms. The maximum Gasteiger partial charge on any atom is 0.319 e. The average Bonchev–Trinajstić information content (AvgIpc) is 2.85. The summed E-state index contributed by atoms with van der Waals surface area (Å²) in [6, 6.07) is 7.54. The number of benzene rings is 1. The number of rotatable bonds is 5. The molecule has 7 heteroatoms. The van der Waals surface area contributed by atoms with Gasteiger partial charge < -0.3 is 9.52 Å². The number of aromatic nitrogens is 2. The van der Waals surface area contributed by atoms with Crippen LogP contribution in [0.15, 0.2) is 33.2 Å². The molecule has 0 bridgehead atoms. The molecule has 2 aromatic rings. The second kappa shape index (κ2) is 5.97. The van der Waals surface area contributed by atoms with Crippen LogP contribution in [0.5, 0.6) is 0 Å². The van der Waals surface area contributed by atoms with Gasteiger partial charge in [0, 0.05) is 4.47 Å². The highest BCUT2D eigenvalue weighted by molar-refractivity contribution is 9.10. The molecule has 0 spiro atoms. The van der Waals surface area contributed by atoms with Crippen LogP contribution in [0.25, 0.3) is 11.5 Å². The minimum absolute atomic E-state index is 0.358. The molecule has 0 amide bonds. The van der Waals surface area contributed by atoms with Crippen LogP contribution >= 0.6 is 27.7 Å². The fourth-order valence-corrected chi connectivity index (χ4v) is 2.54. The standard InChI is InChI=1S/C13H13BrN2O3S/c1-13(2,12(17)18)20-7-10-15-16-11(19-10)8-5-3-4-6-9(8)14/h3-6H,7H2,1-2H3,(H,17,18). The number of carboxylic acids is 1. The van der Waals surface area contributed by atoms with Crippen LogP contribution in [-0.4, -0.2) is 26.0 Å². The van der Waals surface area contributed by atoms with Crippen LogP contribution in [0.2, 0.25) is 0 Å². The maximum absolute atomic E-state index is 11.0. The van der Waals surface area contributed by atoms with Crippen LogP contribution < -0.4 is 0 Å². The van der Waals surface area contributed by atoms with Gasteiger partial charge in [0.2, 0.25) is 11.8 Å². The maximum atomic E-state index is 11.0. The first-order valence-corrected chi connectivity index (χ1v) is 7.62. The number of halogens is 1. The Morgan fingerprint density at radius 3 is 2.75 bits per heavy atom. The Hall–Kier alpha value is -1.34. The van der Waals surface area contributed by atoms with Crippen LogP contribution in [0.3, 0.4) is 0 Å². The van der Waals surface area contributed by atoms with E-state index in [0.717, 1.165) is 10.0 Å². The van der Waals surface area contributed by atoms with E-state index in [2.05, 4.69) is 26.1 Å². The van der Waals surface area contributed by atoms with Crippen molar-refractivity contribution in [2.24, 2.45) is 0 Å². The lowest BCUT2D eigenvalue weighted by Crippen LogP contribution is -2.27. The summed E-state index contributed by atoms with van der Waals surface area (Å²) in [5.74, 6) is 0.320. The Labute approximate surface area is 128 Å². The number of carbonyl (C=O) groups is 1. The normalized spacial score (nSPS) is 11.6. The zero-order chi connectivity index (χ0) is 14.8. The first-order valence-electron chi connectivity index (χ1n) is 5.85. The molecular weight excluding hydrogens is 344 g/mol. The molecule has 0 aliphatic heterocycles. The van der Waals surface area contributed by atoms with Crippen molar-refractivity contribution >= 4 is 33.7 Å². The molecule has 106 valence electrons. The summed E-state index contributed by atoms with van der Waals surface area (Å²) in [7, 11) is 0. The van der Waals surface area contributed by atoms with Gasteiger partial charge in [-0.15, -0.1) is 22.0 Å². The van der Waals surface area contributed by atoms with Crippen LogP contribution in [0.1, 0.15) is 19.7 Å². The van der Waals surface area contributed by atoms with Gasteiger partial charge in [-0.05, 0) is 41.9 Å². The van der Waals surface area contributed by atoms with Crippen molar-refractivity contribution in [3.63, 3.8) is 0 Å². The first-order chi connectivity index (χ1) is 9.40. The van der Waals surface area contributed by atoms with E-state index in [0.29, 0.717) is 17.5 Å². The third kappa shape index (κ3) is 3.40. The average molecular weight is 357 g/mol. The smallest absolute Gasteiger partial charge is 0.319 e. The van der Waals surface area contributed by atoms with Gasteiger partial charge in [0.15, 0.2) is 0 Å². The number of carboxylic acid groups (broad SMARTS) is 1. The van der Waals surface area contributed by atoms with Crippen molar-refractivity contribution in [3.8, 4) is 11.5 Å². The van der Waals surface area contributed by atoms with Gasteiger partial charge in [-0.1, -0.05) is 12.1 Å². The molecule has 0 saturated carbocycles. The number of hydrogen-bond acceptors (Lipinski definition) is 5. The summed E-state index contributed by atoms with van der Waals surface area (Å²) >= 11 is 4.67. The molecule has 1 N–H and O–H groups in total. The van der Waals surface area contributed by atoms with Crippen molar-refractivity contribution < 1.29 is 14.3 Å². The predicted molar refractivity (Wildman–Crippen MR) is 80.4 cm³/mol. The Morgan fingerprint density at radius 2 is 2.10 bits per heavy atom. The van der Waals surface area contributed by atoms with E-state index in [4.69, 9.17) is 9.52 Å². The van der Waals surface area contributed by atoms with Crippen molar-refractivity contribution in [3.05, 3.63) is 34.6 Å². The second-order valence-electron chi connectivity index (χ2n) is 4.58. The minimum Gasteiger partial charge on any atom is -0.480 e. The van der Waals surface area contributed by atoms with E-state index in [-0.39, 0.29) is 0 Å². The summed E-state index contributed by atoms with van der Waals surface area (Å²) in [6.45, 7) is 3.29. The van der Waals surface area contributed by atoms with Crippen molar-refractivity contribution in [2.75, 3.05) is 0 Å². The third-order valence-electron chi connectivity index (χ3n) is 2.64. The Balaban J connectivity index is 2.11. The fraction of sp³-hybridized carbons (Fsp3) is 0.308. The monoisotopic (exact) mass is 356 g/mol. The quantitative estimate of drug-likeness (QED) is 0.881. The van der Waals surface area contributed by atoms with Gasteiger partial charge in [0.1, 0.15) is 4.75 Å². The highest BCUT2D eigenvalue weighted by Gasteiger charge is 2.28. The summed E-state index contributed by atoms with van der Waals surface area (Å²) in [4.78, 5) is 11.0. The van der Waals surface area contributed by atoms with Gasteiger partial charge in [-0.25, -0.2) is 0 Å². The molecular formula is C13H13BrN2O3S. The predicted octanol–water partition coefficient (Wildman–Crippen LogP) is 3.60. The van der Waals surface area contributed by atoms with E-state index >= 15 is 0 Å². The van der Waals surface area contributed by atoms with Crippen LogP contribution in [0.4, 0.5) is 0 Å². The topological polar surface area (TPSA) is 76.2 Å². The molecule has 5 nitrogen and oxygen atoms in total. The van der Waals surface area contributed by atoms with Gasteiger partial charge in [0.25, 0.3) is 0 Å². The molecule has 1 aromatic heterocycles. The number of hydrogen-bond donors (Lipinski definition) is 1. The van der Waals surface area contributed by atoms with Gasteiger partial charge >= 0.3 is 5.97 Å². The Bertz CT molecular complexity index is 628. The molecule has 0 unspecified atom stereocenters. The molecule has 0 radical (unpaired) electrons. The van der Waals surface area contributed by atoms with E-state index in [9.17, 15) is 4.79 Å². The molecule has 1 aromatic carbocycles. The van der Waals surface area contributed by atoms with E-state index in [1.54, 1.807) is 13.8 Å². The molecule has 0 atom stereocenters.